The van der Waals surface area contributed by atoms with Gasteiger partial charge in [-0.15, -0.1) is 0 Å². The van der Waals surface area contributed by atoms with Gasteiger partial charge < -0.3 is 5.32 Å². The van der Waals surface area contributed by atoms with Gasteiger partial charge in [-0.2, -0.15) is 0 Å². The lowest BCUT2D eigenvalue weighted by Gasteiger charge is -2.43. The van der Waals surface area contributed by atoms with Gasteiger partial charge in [0.2, 0.25) is 0 Å². The largest absolute Gasteiger partial charge is 0.309 e. The van der Waals surface area contributed by atoms with Crippen molar-refractivity contribution in [3.05, 3.63) is 34.9 Å². The van der Waals surface area contributed by atoms with Crippen molar-refractivity contribution in [2.75, 3.05) is 0 Å². The first-order chi connectivity index (χ1) is 8.92. The van der Waals surface area contributed by atoms with Gasteiger partial charge in [-0.05, 0) is 53.7 Å². The Bertz CT molecular complexity index is 477. The average Bonchev–Trinajstić information content (AvgIpc) is 2.80. The molecule has 1 aromatic carbocycles. The third-order valence-corrected chi connectivity index (χ3v) is 5.90. The van der Waals surface area contributed by atoms with Crippen molar-refractivity contribution in [1.82, 2.24) is 5.32 Å². The molecule has 1 aromatic rings. The second-order valence-corrected chi connectivity index (χ2v) is 7.80. The van der Waals surface area contributed by atoms with Crippen molar-refractivity contribution in [2.45, 2.75) is 52.6 Å². The maximum Gasteiger partial charge on any atom is 0.0409 e. The summed E-state index contributed by atoms with van der Waals surface area (Å²) in [5.74, 6) is 0.898. The molecule has 0 aromatic heterocycles. The Hall–Kier alpha value is -0.530. The minimum atomic E-state index is 0.422. The zero-order valence-electron chi connectivity index (χ0n) is 12.2. The van der Waals surface area contributed by atoms with Crippen LogP contribution in [0.1, 0.15) is 45.6 Å². The Kier molecular flexibility index (Phi) is 3.18. The summed E-state index contributed by atoms with van der Waals surface area (Å²) < 4.78 is 0. The number of hydrogen-bond donors (Lipinski definition) is 1. The van der Waals surface area contributed by atoms with Crippen LogP contribution < -0.4 is 5.32 Å². The molecule has 1 unspecified atom stereocenters. The topological polar surface area (TPSA) is 12.0 Å². The van der Waals surface area contributed by atoms with E-state index < -0.39 is 0 Å². The smallest absolute Gasteiger partial charge is 0.0409 e. The van der Waals surface area contributed by atoms with Crippen molar-refractivity contribution in [3.8, 4) is 0 Å². The molecular weight excluding hydrogens is 254 g/mol. The molecule has 0 aliphatic heterocycles. The average molecular weight is 278 g/mol. The SMILES string of the molecule is CC1(C)C(NCc2cccc(Cl)c2)[C@]2(C)CC[C@H]1C2. The van der Waals surface area contributed by atoms with Crippen LogP contribution >= 0.6 is 11.6 Å². The Morgan fingerprint density at radius 2 is 2.11 bits per heavy atom. The molecule has 2 bridgehead atoms. The van der Waals surface area contributed by atoms with E-state index in [0.717, 1.165) is 17.5 Å². The Morgan fingerprint density at radius 3 is 2.74 bits per heavy atom. The molecule has 2 fully saturated rings. The molecule has 0 spiro atoms. The maximum atomic E-state index is 6.06. The molecule has 3 atom stereocenters. The minimum absolute atomic E-state index is 0.422. The third kappa shape index (κ3) is 2.21. The van der Waals surface area contributed by atoms with Crippen LogP contribution in [0.2, 0.25) is 5.02 Å². The first-order valence-corrected chi connectivity index (χ1v) is 7.77. The van der Waals surface area contributed by atoms with Gasteiger partial charge in [0.15, 0.2) is 0 Å². The highest BCUT2D eigenvalue weighted by Gasteiger charge is 2.58. The van der Waals surface area contributed by atoms with E-state index in [1.165, 1.54) is 24.8 Å². The van der Waals surface area contributed by atoms with Crippen molar-refractivity contribution < 1.29 is 0 Å². The summed E-state index contributed by atoms with van der Waals surface area (Å²) in [5, 5.41) is 4.66. The fourth-order valence-electron chi connectivity index (χ4n) is 4.68. The first kappa shape index (κ1) is 13.5. The highest BCUT2D eigenvalue weighted by molar-refractivity contribution is 6.30. The van der Waals surface area contributed by atoms with Crippen molar-refractivity contribution in [3.63, 3.8) is 0 Å². The summed E-state index contributed by atoms with van der Waals surface area (Å²) >= 11 is 6.06. The summed E-state index contributed by atoms with van der Waals surface area (Å²) in [6, 6.07) is 8.82. The second kappa shape index (κ2) is 4.49. The Morgan fingerprint density at radius 1 is 1.32 bits per heavy atom. The number of rotatable bonds is 3. The van der Waals surface area contributed by atoms with E-state index in [9.17, 15) is 0 Å². The molecule has 2 heteroatoms. The molecule has 0 radical (unpaired) electrons. The Labute approximate surface area is 121 Å². The van der Waals surface area contributed by atoms with Crippen LogP contribution in [0.3, 0.4) is 0 Å². The molecule has 19 heavy (non-hydrogen) atoms. The summed E-state index contributed by atoms with van der Waals surface area (Å²) in [5.41, 5.74) is 2.20. The summed E-state index contributed by atoms with van der Waals surface area (Å²) in [4.78, 5) is 0. The molecule has 1 N–H and O–H groups in total. The quantitative estimate of drug-likeness (QED) is 0.848. The number of halogens is 1. The molecule has 0 saturated heterocycles. The van der Waals surface area contributed by atoms with Gasteiger partial charge in [0, 0.05) is 17.6 Å². The molecular formula is C17H24ClN. The van der Waals surface area contributed by atoms with Crippen LogP contribution in [0, 0.1) is 16.7 Å². The van der Waals surface area contributed by atoms with E-state index in [4.69, 9.17) is 11.6 Å². The predicted octanol–water partition coefficient (Wildman–Crippen LogP) is 4.64. The molecule has 104 valence electrons. The first-order valence-electron chi connectivity index (χ1n) is 7.40. The molecule has 3 rings (SSSR count). The van der Waals surface area contributed by atoms with Gasteiger partial charge in [0.25, 0.3) is 0 Å². The highest BCUT2D eigenvalue weighted by Crippen LogP contribution is 2.62. The summed E-state index contributed by atoms with van der Waals surface area (Å²) in [6.07, 6.45) is 4.19. The number of nitrogens with one attached hydrogen (secondary N) is 1. The zero-order valence-corrected chi connectivity index (χ0v) is 12.9. The summed E-state index contributed by atoms with van der Waals surface area (Å²) in [6.45, 7) is 8.28. The number of hydrogen-bond acceptors (Lipinski definition) is 1. The fourth-order valence-corrected chi connectivity index (χ4v) is 4.89. The number of benzene rings is 1. The lowest BCUT2D eigenvalue weighted by molar-refractivity contribution is 0.108. The monoisotopic (exact) mass is 277 g/mol. The van der Waals surface area contributed by atoms with Gasteiger partial charge in [0.05, 0.1) is 0 Å². The molecule has 0 amide bonds. The van der Waals surface area contributed by atoms with Crippen LogP contribution in [-0.2, 0) is 6.54 Å². The van der Waals surface area contributed by atoms with Crippen LogP contribution in [0.25, 0.3) is 0 Å². The van der Waals surface area contributed by atoms with Crippen LogP contribution in [0.4, 0.5) is 0 Å². The Balaban J connectivity index is 1.73. The van der Waals surface area contributed by atoms with E-state index >= 15 is 0 Å². The normalized spacial score (nSPS) is 35.8. The van der Waals surface area contributed by atoms with E-state index in [2.05, 4.69) is 38.2 Å². The van der Waals surface area contributed by atoms with Crippen LogP contribution in [-0.4, -0.2) is 6.04 Å². The third-order valence-electron chi connectivity index (χ3n) is 5.67. The zero-order chi connectivity index (χ0) is 13.7. The van der Waals surface area contributed by atoms with E-state index in [1.807, 2.05) is 12.1 Å². The second-order valence-electron chi connectivity index (χ2n) is 7.36. The lowest BCUT2D eigenvalue weighted by atomic mass is 9.68. The van der Waals surface area contributed by atoms with Crippen molar-refractivity contribution in [1.29, 1.82) is 0 Å². The molecule has 2 saturated carbocycles. The standard InChI is InChI=1S/C17H24ClN/c1-16(2)13-7-8-17(3,10-13)15(16)19-11-12-5-4-6-14(18)9-12/h4-6,9,13,15,19H,7-8,10-11H2,1-3H3/t13-,15?,17+/m0/s1. The van der Waals surface area contributed by atoms with Crippen LogP contribution in [0.5, 0.6) is 0 Å². The minimum Gasteiger partial charge on any atom is -0.309 e. The van der Waals surface area contributed by atoms with E-state index in [1.54, 1.807) is 0 Å². The van der Waals surface area contributed by atoms with Gasteiger partial charge in [0.1, 0.15) is 0 Å². The van der Waals surface area contributed by atoms with Crippen molar-refractivity contribution in [2.24, 2.45) is 16.7 Å². The predicted molar refractivity (Wildman–Crippen MR) is 81.3 cm³/mol. The lowest BCUT2D eigenvalue weighted by Crippen LogP contribution is -2.49. The number of fused-ring (bicyclic) bond motifs is 2. The van der Waals surface area contributed by atoms with Crippen LogP contribution in [0.15, 0.2) is 24.3 Å². The molecule has 0 heterocycles. The van der Waals surface area contributed by atoms with Crippen molar-refractivity contribution >= 4 is 11.6 Å². The van der Waals surface area contributed by atoms with Gasteiger partial charge in [-0.1, -0.05) is 44.5 Å². The molecule has 1 nitrogen and oxygen atoms in total. The molecule has 2 aliphatic carbocycles. The highest BCUT2D eigenvalue weighted by atomic mass is 35.5. The molecule has 2 aliphatic rings. The van der Waals surface area contributed by atoms with Gasteiger partial charge >= 0.3 is 0 Å². The van der Waals surface area contributed by atoms with Gasteiger partial charge in [-0.3, -0.25) is 0 Å². The fraction of sp³-hybridized carbons (Fsp3) is 0.647. The van der Waals surface area contributed by atoms with E-state index in [0.29, 0.717) is 16.9 Å². The maximum absolute atomic E-state index is 6.06. The summed E-state index contributed by atoms with van der Waals surface area (Å²) in [7, 11) is 0. The van der Waals surface area contributed by atoms with E-state index in [-0.39, 0.29) is 0 Å². The van der Waals surface area contributed by atoms with Gasteiger partial charge in [-0.25, -0.2) is 0 Å².